The smallest absolute Gasteiger partial charge is 0.356 e. The number of hydrogen-bond acceptors (Lipinski definition) is 3. The van der Waals surface area contributed by atoms with Gasteiger partial charge in [-0.15, -0.1) is 0 Å². The lowest BCUT2D eigenvalue weighted by Gasteiger charge is -1.96. The van der Waals surface area contributed by atoms with E-state index in [9.17, 15) is 9.59 Å². The number of rotatable bonds is 1. The molecule has 0 radical (unpaired) electrons. The molecule has 68 valence electrons. The van der Waals surface area contributed by atoms with Crippen LogP contribution in [0.15, 0.2) is 0 Å². The van der Waals surface area contributed by atoms with Gasteiger partial charge in [0.05, 0.1) is 0 Å². The van der Waals surface area contributed by atoms with Crippen LogP contribution in [0.4, 0.5) is 0 Å². The van der Waals surface area contributed by atoms with E-state index in [0.29, 0.717) is 18.7 Å². The highest BCUT2D eigenvalue weighted by Crippen LogP contribution is 2.19. The fraction of sp³-hybridized carbons (Fsp3) is 0.375. The number of carboxylic acids is 1. The second kappa shape index (κ2) is 2.42. The zero-order valence-electron chi connectivity index (χ0n) is 7.07. The summed E-state index contributed by atoms with van der Waals surface area (Å²) in [4.78, 5) is 25.6. The molecule has 0 saturated carbocycles. The van der Waals surface area contributed by atoms with E-state index < -0.39 is 5.97 Å². The third-order valence-corrected chi connectivity index (χ3v) is 2.24. The molecule has 1 N–H and O–H groups in total. The maximum Gasteiger partial charge on any atom is 0.356 e. The molecule has 5 heteroatoms. The van der Waals surface area contributed by atoms with Gasteiger partial charge in [-0.3, -0.25) is 4.79 Å². The third kappa shape index (κ3) is 0.965. The second-order valence-corrected chi connectivity index (χ2v) is 3.00. The number of ketones is 1. The molecule has 1 aliphatic heterocycles. The Kier molecular flexibility index (Phi) is 1.48. The van der Waals surface area contributed by atoms with Crippen molar-refractivity contribution < 1.29 is 14.7 Å². The number of carbonyl (C=O) groups is 2. The minimum absolute atomic E-state index is 0.0111. The molecule has 0 saturated heterocycles. The van der Waals surface area contributed by atoms with Gasteiger partial charge in [-0.1, -0.05) is 0 Å². The van der Waals surface area contributed by atoms with Crippen LogP contribution in [0.2, 0.25) is 0 Å². The summed E-state index contributed by atoms with van der Waals surface area (Å²) in [5, 5.41) is 8.72. The number of fused-ring (bicyclic) bond motifs is 1. The molecular weight excluding hydrogens is 172 g/mol. The summed E-state index contributed by atoms with van der Waals surface area (Å²) in [5.41, 5.74) is 0.552. The molecule has 5 nitrogen and oxygen atoms in total. The van der Waals surface area contributed by atoms with Crippen molar-refractivity contribution in [2.24, 2.45) is 0 Å². The molecule has 0 spiro atoms. The molecule has 1 aromatic rings. The number of Topliss-reactive ketones (excluding diaryl/α,β-unsaturated/α-hetero) is 1. The zero-order chi connectivity index (χ0) is 9.59. The highest BCUT2D eigenvalue weighted by atomic mass is 16.4. The van der Waals surface area contributed by atoms with Gasteiger partial charge >= 0.3 is 5.97 Å². The number of imidazole rings is 1. The van der Waals surface area contributed by atoms with Gasteiger partial charge in [-0.2, -0.15) is 0 Å². The Balaban J connectivity index is 2.61. The molecule has 0 fully saturated rings. The predicted octanol–water partition coefficient (Wildman–Crippen LogP) is 0.476. The predicted molar refractivity (Wildman–Crippen MR) is 42.9 cm³/mol. The number of aromatic nitrogens is 2. The van der Waals surface area contributed by atoms with Crippen molar-refractivity contribution in [3.05, 3.63) is 17.2 Å². The zero-order valence-corrected chi connectivity index (χ0v) is 7.07. The Labute approximate surface area is 74.0 Å². The molecule has 1 aliphatic rings. The molecule has 0 aromatic carbocycles. The van der Waals surface area contributed by atoms with Crippen LogP contribution in [0.25, 0.3) is 0 Å². The lowest BCUT2D eigenvalue weighted by molar-refractivity contribution is 0.0690. The van der Waals surface area contributed by atoms with Crippen LogP contribution in [-0.4, -0.2) is 26.4 Å². The summed E-state index contributed by atoms with van der Waals surface area (Å²) in [7, 11) is 0. The Morgan fingerprint density at radius 3 is 2.85 bits per heavy atom. The summed E-state index contributed by atoms with van der Waals surface area (Å²) in [6.45, 7) is 2.22. The van der Waals surface area contributed by atoms with Crippen molar-refractivity contribution >= 4 is 11.8 Å². The molecule has 0 aliphatic carbocycles. The van der Waals surface area contributed by atoms with E-state index >= 15 is 0 Å². The van der Waals surface area contributed by atoms with E-state index in [1.54, 1.807) is 11.5 Å². The second-order valence-electron chi connectivity index (χ2n) is 3.00. The average molecular weight is 180 g/mol. The van der Waals surface area contributed by atoms with Crippen LogP contribution in [0.1, 0.15) is 33.2 Å². The summed E-state index contributed by atoms with van der Waals surface area (Å²) in [6.07, 6.45) is 0.434. The van der Waals surface area contributed by atoms with Crippen molar-refractivity contribution in [2.75, 3.05) is 0 Å². The first-order valence-corrected chi connectivity index (χ1v) is 3.95. The minimum atomic E-state index is -1.08. The first-order valence-electron chi connectivity index (χ1n) is 3.95. The summed E-state index contributed by atoms with van der Waals surface area (Å²) in [5.74, 6) is -0.863. The SMILES string of the molecule is Cc1c(C(=O)O)nc2n1CCC2=O. The molecule has 0 unspecified atom stereocenters. The summed E-state index contributed by atoms with van der Waals surface area (Å²) >= 11 is 0. The van der Waals surface area contributed by atoms with E-state index in [-0.39, 0.29) is 17.3 Å². The maximum absolute atomic E-state index is 11.2. The van der Waals surface area contributed by atoms with Gasteiger partial charge in [0.25, 0.3) is 0 Å². The number of carboxylic acid groups (broad SMARTS) is 1. The van der Waals surface area contributed by atoms with Crippen LogP contribution in [-0.2, 0) is 6.54 Å². The van der Waals surface area contributed by atoms with Crippen molar-refractivity contribution in [3.63, 3.8) is 0 Å². The van der Waals surface area contributed by atoms with E-state index in [2.05, 4.69) is 4.98 Å². The number of nitrogens with zero attached hydrogens (tertiary/aromatic N) is 2. The lowest BCUT2D eigenvalue weighted by atomic mass is 10.3. The molecular formula is C8H8N2O3. The normalized spacial score (nSPS) is 14.7. The number of hydrogen-bond donors (Lipinski definition) is 1. The molecule has 0 atom stereocenters. The quantitative estimate of drug-likeness (QED) is 0.682. The Hall–Kier alpha value is -1.65. The van der Waals surface area contributed by atoms with Gasteiger partial charge in [0, 0.05) is 18.7 Å². The Morgan fingerprint density at radius 1 is 1.62 bits per heavy atom. The first-order chi connectivity index (χ1) is 6.11. The summed E-state index contributed by atoms with van der Waals surface area (Å²) in [6, 6.07) is 0. The van der Waals surface area contributed by atoms with Crippen molar-refractivity contribution in [1.29, 1.82) is 0 Å². The molecule has 0 amide bonds. The van der Waals surface area contributed by atoms with E-state index in [0.717, 1.165) is 0 Å². The fourth-order valence-corrected chi connectivity index (χ4v) is 1.55. The Bertz CT molecular complexity index is 405. The maximum atomic E-state index is 11.2. The Morgan fingerprint density at radius 2 is 2.31 bits per heavy atom. The number of aromatic carboxylic acids is 1. The topological polar surface area (TPSA) is 72.2 Å². The van der Waals surface area contributed by atoms with Crippen LogP contribution in [0.5, 0.6) is 0 Å². The molecule has 2 heterocycles. The first kappa shape index (κ1) is 7.97. The van der Waals surface area contributed by atoms with Crippen molar-refractivity contribution in [1.82, 2.24) is 9.55 Å². The average Bonchev–Trinajstić information content (AvgIpc) is 2.55. The van der Waals surface area contributed by atoms with E-state index in [1.807, 2.05) is 0 Å². The lowest BCUT2D eigenvalue weighted by Crippen LogP contribution is -2.02. The molecule has 0 bridgehead atoms. The minimum Gasteiger partial charge on any atom is -0.476 e. The molecule has 13 heavy (non-hydrogen) atoms. The van der Waals surface area contributed by atoms with Crippen LogP contribution in [0.3, 0.4) is 0 Å². The molecule has 2 rings (SSSR count). The van der Waals surface area contributed by atoms with Crippen molar-refractivity contribution in [3.8, 4) is 0 Å². The van der Waals surface area contributed by atoms with Crippen LogP contribution in [0, 0.1) is 6.92 Å². The van der Waals surface area contributed by atoms with Gasteiger partial charge in [0.15, 0.2) is 17.3 Å². The van der Waals surface area contributed by atoms with Gasteiger partial charge in [-0.25, -0.2) is 9.78 Å². The largest absolute Gasteiger partial charge is 0.476 e. The van der Waals surface area contributed by atoms with E-state index in [4.69, 9.17) is 5.11 Å². The van der Waals surface area contributed by atoms with Gasteiger partial charge in [0.1, 0.15) is 0 Å². The van der Waals surface area contributed by atoms with Gasteiger partial charge < -0.3 is 9.67 Å². The number of carbonyl (C=O) groups excluding carboxylic acids is 1. The third-order valence-electron chi connectivity index (χ3n) is 2.24. The highest BCUT2D eigenvalue weighted by Gasteiger charge is 2.27. The van der Waals surface area contributed by atoms with Crippen LogP contribution < -0.4 is 0 Å². The standard InChI is InChI=1S/C8H8N2O3/c1-4-6(8(12)13)9-7-5(11)2-3-10(4)7/h2-3H2,1H3,(H,12,13). The fourth-order valence-electron chi connectivity index (χ4n) is 1.55. The van der Waals surface area contributed by atoms with Crippen molar-refractivity contribution in [2.45, 2.75) is 19.9 Å². The van der Waals surface area contributed by atoms with Gasteiger partial charge in [-0.05, 0) is 6.92 Å². The highest BCUT2D eigenvalue weighted by molar-refractivity contribution is 5.97. The van der Waals surface area contributed by atoms with Crippen LogP contribution >= 0.6 is 0 Å². The van der Waals surface area contributed by atoms with E-state index in [1.165, 1.54) is 0 Å². The summed E-state index contributed by atoms with van der Waals surface area (Å²) < 4.78 is 1.66. The monoisotopic (exact) mass is 180 g/mol. The van der Waals surface area contributed by atoms with Gasteiger partial charge in [0.2, 0.25) is 0 Å². The molecule has 1 aromatic heterocycles.